The molecule has 0 aliphatic carbocycles. The smallest absolute Gasteiger partial charge is 0.822 e. The Kier molecular flexibility index (Phi) is 31.4. The fraction of sp³-hybridized carbons (Fsp3) is 0. The van der Waals surface area contributed by atoms with Crippen molar-refractivity contribution >= 4 is 23.5 Å². The van der Waals surface area contributed by atoms with Crippen molar-refractivity contribution in [2.75, 3.05) is 0 Å². The summed E-state index contributed by atoms with van der Waals surface area (Å²) in [7, 11) is -16.2. The Morgan fingerprint density at radius 3 is 0.500 bits per heavy atom. The number of hydrogen-bond acceptors (Lipinski definition) is 12. The predicted molar refractivity (Wildman–Crippen MR) is 22.8 cm³/mol. The van der Waals surface area contributed by atoms with E-state index in [1.54, 1.807) is 0 Å². The first-order chi connectivity index (χ1) is 6.00. The van der Waals surface area contributed by atoms with Gasteiger partial charge in [0.15, 0.2) is 0 Å². The van der Waals surface area contributed by atoms with Crippen LogP contribution in [0.25, 0.3) is 0 Å². The molecule has 0 atom stereocenters. The first-order valence-corrected chi connectivity index (χ1v) is 6.57. The van der Waals surface area contributed by atoms with Gasteiger partial charge in [0.2, 0.25) is 0 Å². The summed E-state index contributed by atoms with van der Waals surface area (Å²) in [4.78, 5) is 76.9. The molecule has 0 aromatic heterocycles. The SMILES string of the molecule is O=P([O-])([O-])[O-].O=P([O-])([O-])[O-].O=P([O-])([O-])[O-].[Fe+2].[Mn+2].[V]. The number of rotatable bonds is 0. The van der Waals surface area contributed by atoms with Crippen molar-refractivity contribution in [3.05, 3.63) is 0 Å². The molecule has 0 fully saturated rings. The second-order valence-corrected chi connectivity index (χ2v) is 4.02. The van der Waals surface area contributed by atoms with E-state index < -0.39 is 23.5 Å². The van der Waals surface area contributed by atoms with Gasteiger partial charge in [0, 0.05) is 18.6 Å². The summed E-state index contributed by atoms with van der Waals surface area (Å²) in [6.07, 6.45) is 0. The monoisotopic (exact) mass is 447 g/mol. The molecule has 0 bridgehead atoms. The van der Waals surface area contributed by atoms with Gasteiger partial charge in [-0.15, -0.1) is 0 Å². The Morgan fingerprint density at radius 1 is 0.500 bits per heavy atom. The molecule has 0 spiro atoms. The molecular weight excluding hydrogens is 447 g/mol. The molecule has 18 heavy (non-hydrogen) atoms. The topological polar surface area (TPSA) is 259 Å². The minimum Gasteiger partial charge on any atom is -0.822 e. The van der Waals surface area contributed by atoms with Gasteiger partial charge in [0.1, 0.15) is 0 Å². The van der Waals surface area contributed by atoms with Gasteiger partial charge in [-0.1, -0.05) is 0 Å². The van der Waals surface area contributed by atoms with Gasteiger partial charge in [-0.3, -0.25) is 0 Å². The van der Waals surface area contributed by atoms with Gasteiger partial charge in [0.05, 0.1) is 0 Å². The second-order valence-electron chi connectivity index (χ2n) is 1.34. The zero-order chi connectivity index (χ0) is 13.5. The van der Waals surface area contributed by atoms with E-state index in [1.807, 2.05) is 0 Å². The van der Waals surface area contributed by atoms with E-state index in [1.165, 1.54) is 0 Å². The van der Waals surface area contributed by atoms with Gasteiger partial charge >= 0.3 is 34.1 Å². The Morgan fingerprint density at radius 2 is 0.500 bits per heavy atom. The normalized spacial score (nSPS) is 9.83. The van der Waals surface area contributed by atoms with Crippen LogP contribution in [0, 0.1) is 0 Å². The van der Waals surface area contributed by atoms with E-state index in [9.17, 15) is 0 Å². The van der Waals surface area contributed by atoms with Crippen molar-refractivity contribution in [2.24, 2.45) is 0 Å². The maximum atomic E-state index is 8.55. The third-order valence-electron chi connectivity index (χ3n) is 0. The van der Waals surface area contributed by atoms with Crippen LogP contribution in [0.4, 0.5) is 0 Å². The van der Waals surface area contributed by atoms with E-state index >= 15 is 0 Å². The molecule has 0 heterocycles. The average Bonchev–Trinajstić information content (AvgIpc) is 1.41. The van der Waals surface area contributed by atoms with E-state index in [0.29, 0.717) is 0 Å². The third-order valence-corrected chi connectivity index (χ3v) is 0. The van der Waals surface area contributed by atoms with Crippen molar-refractivity contribution in [3.63, 3.8) is 0 Å². The maximum Gasteiger partial charge on any atom is 2.00 e. The van der Waals surface area contributed by atoms with Crippen molar-refractivity contribution in [2.45, 2.75) is 0 Å². The van der Waals surface area contributed by atoms with Crippen LogP contribution >= 0.6 is 23.5 Å². The summed E-state index contributed by atoms with van der Waals surface area (Å²) in [5.41, 5.74) is 0. The maximum absolute atomic E-state index is 8.55. The fourth-order valence-electron chi connectivity index (χ4n) is 0. The molecule has 0 aliphatic heterocycles. The second kappa shape index (κ2) is 15.3. The van der Waals surface area contributed by atoms with E-state index in [0.717, 1.165) is 0 Å². The standard InChI is InChI=1S/Fe.Mn.3H3O4P.V/c;;3*1-5(2,3)4;/h;;3*(H3,1,2,3,4);/q2*+2;;;;/p-9. The molecule has 0 aliphatic rings. The average molecular weight is 447 g/mol. The summed E-state index contributed by atoms with van der Waals surface area (Å²) in [6, 6.07) is 0. The molecule has 0 aromatic rings. The first-order valence-electron chi connectivity index (χ1n) is 2.19. The molecule has 0 saturated carbocycles. The van der Waals surface area contributed by atoms with Crippen molar-refractivity contribution in [1.82, 2.24) is 0 Å². The largest absolute Gasteiger partial charge is 2.00 e. The summed E-state index contributed by atoms with van der Waals surface area (Å²) in [6.45, 7) is 0. The Bertz CT molecular complexity index is 213. The summed E-state index contributed by atoms with van der Waals surface area (Å²) in [5.74, 6) is 0. The number of phosphoric acid groups is 3. The minimum atomic E-state index is -5.39. The Hall–Kier alpha value is 1.95. The zero-order valence-corrected chi connectivity index (χ0v) is 13.8. The van der Waals surface area contributed by atoms with Crippen molar-refractivity contribution < 1.29 is 110 Å². The number of hydrogen-bond donors (Lipinski definition) is 0. The third kappa shape index (κ3) is 1350. The molecule has 0 aromatic carbocycles. The predicted octanol–water partition coefficient (Wildman–Crippen LogP) is -8.48. The van der Waals surface area contributed by atoms with Gasteiger partial charge in [-0.05, 0) is 0 Å². The van der Waals surface area contributed by atoms with Crippen LogP contribution in [-0.2, 0) is 66.4 Å². The molecule has 18 heteroatoms. The van der Waals surface area contributed by atoms with Crippen LogP contribution in [0.1, 0.15) is 0 Å². The summed E-state index contributed by atoms with van der Waals surface area (Å²) < 4.78 is 25.6. The summed E-state index contributed by atoms with van der Waals surface area (Å²) >= 11 is 0. The van der Waals surface area contributed by atoms with Crippen LogP contribution in [0.15, 0.2) is 0 Å². The quantitative estimate of drug-likeness (QED) is 0.248. The van der Waals surface area contributed by atoms with Crippen molar-refractivity contribution in [3.8, 4) is 0 Å². The van der Waals surface area contributed by atoms with Gasteiger partial charge in [-0.2, -0.15) is 23.5 Å². The van der Waals surface area contributed by atoms with Crippen LogP contribution in [0.2, 0.25) is 0 Å². The molecule has 12 nitrogen and oxygen atoms in total. The van der Waals surface area contributed by atoms with Crippen LogP contribution in [0.3, 0.4) is 0 Å². The summed E-state index contributed by atoms with van der Waals surface area (Å²) in [5, 5.41) is 0. The molecule has 2 radical (unpaired) electrons. The molecule has 0 saturated heterocycles. The van der Waals surface area contributed by atoms with E-state index in [2.05, 4.69) is 0 Å². The fourth-order valence-corrected chi connectivity index (χ4v) is 0. The molecule has 0 rings (SSSR count). The first kappa shape index (κ1) is 36.8. The Labute approximate surface area is 133 Å². The molecule has 0 amide bonds. The van der Waals surface area contributed by atoms with Crippen molar-refractivity contribution in [1.29, 1.82) is 0 Å². The van der Waals surface area contributed by atoms with Crippen LogP contribution in [0.5, 0.6) is 0 Å². The molecular formula is FeMnO12P3V-5. The van der Waals surface area contributed by atoms with Gasteiger partial charge < -0.3 is 57.7 Å². The van der Waals surface area contributed by atoms with Gasteiger partial charge in [-0.25, -0.2) is 0 Å². The minimum absolute atomic E-state index is 0. The van der Waals surface area contributed by atoms with Crippen LogP contribution < -0.4 is 44.0 Å². The van der Waals surface area contributed by atoms with E-state index in [-0.39, 0.29) is 52.7 Å². The molecule has 0 unspecified atom stereocenters. The molecule has 112 valence electrons. The Balaban J connectivity index is -0.0000000277. The van der Waals surface area contributed by atoms with Crippen LogP contribution in [-0.4, -0.2) is 0 Å². The molecule has 0 N–H and O–H groups in total. The van der Waals surface area contributed by atoms with E-state index in [4.69, 9.17) is 57.7 Å². The zero-order valence-electron chi connectivity index (χ0n) is 7.42. The van der Waals surface area contributed by atoms with Gasteiger partial charge in [0.25, 0.3) is 0 Å².